The number of methoxy groups -OCH3 is 4. The molecule has 1 amide bonds. The molecule has 1 atom stereocenters. The van der Waals surface area contributed by atoms with Crippen molar-refractivity contribution in [1.29, 1.82) is 0 Å². The smallest absolute Gasteiger partial charge is 0.253 e. The zero-order valence-corrected chi connectivity index (χ0v) is 30.6. The number of para-hydroxylation sites is 2. The number of likely N-dealkylation sites (tertiary alicyclic amines) is 1. The zero-order valence-electron chi connectivity index (χ0n) is 30.6. The highest BCUT2D eigenvalue weighted by atomic mass is 19.1. The molecule has 0 bridgehead atoms. The van der Waals surface area contributed by atoms with E-state index in [4.69, 9.17) is 23.9 Å². The van der Waals surface area contributed by atoms with Gasteiger partial charge in [-0.15, -0.1) is 0 Å². The van der Waals surface area contributed by atoms with Crippen LogP contribution in [-0.2, 0) is 6.54 Å². The maximum atomic E-state index is 13.8. The Labute approximate surface area is 305 Å². The Bertz CT molecular complexity index is 1920. The lowest BCUT2D eigenvalue weighted by molar-refractivity contribution is 0.0781. The molecule has 5 aromatic rings. The molecule has 2 heterocycles. The Hall–Kier alpha value is -5.29. The number of anilines is 1. The molecule has 1 aliphatic rings. The maximum Gasteiger partial charge on any atom is 0.253 e. The molecule has 0 saturated carbocycles. The summed E-state index contributed by atoms with van der Waals surface area (Å²) in [6.07, 6.45) is 2.84. The average Bonchev–Trinajstić information content (AvgIpc) is 3.52. The van der Waals surface area contributed by atoms with Gasteiger partial charge in [0.2, 0.25) is 11.7 Å². The number of piperidine rings is 1. The van der Waals surface area contributed by atoms with Crippen molar-refractivity contribution in [2.45, 2.75) is 37.8 Å². The molecule has 10 nitrogen and oxygen atoms in total. The first kappa shape index (κ1) is 36.5. The average molecular weight is 710 g/mol. The predicted octanol–water partition coefficient (Wildman–Crippen LogP) is 7.08. The van der Waals surface area contributed by atoms with Crippen LogP contribution in [0.15, 0.2) is 84.9 Å². The van der Waals surface area contributed by atoms with Crippen molar-refractivity contribution in [1.82, 2.24) is 19.4 Å². The van der Waals surface area contributed by atoms with E-state index in [0.717, 1.165) is 72.8 Å². The van der Waals surface area contributed by atoms with Crippen LogP contribution in [0.2, 0.25) is 0 Å². The summed E-state index contributed by atoms with van der Waals surface area (Å²) in [6.45, 7) is 3.94. The quantitative estimate of drug-likeness (QED) is 0.123. The van der Waals surface area contributed by atoms with Crippen molar-refractivity contribution in [3.05, 3.63) is 107 Å². The molecule has 1 aliphatic heterocycles. The van der Waals surface area contributed by atoms with Crippen LogP contribution in [0, 0.1) is 5.82 Å². The fraction of sp³-hybridized carbons (Fsp3) is 0.366. The van der Waals surface area contributed by atoms with Gasteiger partial charge in [0.05, 0.1) is 46.0 Å². The normalized spacial score (nSPS) is 14.2. The van der Waals surface area contributed by atoms with Crippen LogP contribution in [0.5, 0.6) is 23.0 Å². The van der Waals surface area contributed by atoms with E-state index in [2.05, 4.69) is 33.0 Å². The number of fused-ring (bicyclic) bond motifs is 1. The minimum atomic E-state index is -0.240. The first-order valence-electron chi connectivity index (χ1n) is 17.7. The number of hydrogen-bond acceptors (Lipinski definition) is 8. The van der Waals surface area contributed by atoms with Gasteiger partial charge >= 0.3 is 0 Å². The fourth-order valence-corrected chi connectivity index (χ4v) is 7.02. The first-order valence-corrected chi connectivity index (χ1v) is 17.7. The number of ether oxygens (including phenoxy) is 4. The highest BCUT2D eigenvalue weighted by Gasteiger charge is 2.25. The van der Waals surface area contributed by atoms with E-state index < -0.39 is 0 Å². The third-order valence-corrected chi connectivity index (χ3v) is 9.96. The second-order valence-corrected chi connectivity index (χ2v) is 13.3. The predicted molar refractivity (Wildman–Crippen MR) is 202 cm³/mol. The molecule has 11 heteroatoms. The number of carbonyl (C=O) groups excluding carboxylic acids is 1. The molecule has 0 aliphatic carbocycles. The Morgan fingerprint density at radius 1 is 0.904 bits per heavy atom. The van der Waals surface area contributed by atoms with Crippen LogP contribution in [0.1, 0.15) is 46.7 Å². The van der Waals surface area contributed by atoms with E-state index in [1.165, 1.54) is 12.1 Å². The van der Waals surface area contributed by atoms with Gasteiger partial charge in [-0.05, 0) is 85.5 Å². The summed E-state index contributed by atoms with van der Waals surface area (Å²) >= 11 is 0. The van der Waals surface area contributed by atoms with Gasteiger partial charge in [-0.3, -0.25) is 4.79 Å². The largest absolute Gasteiger partial charge is 0.497 e. The number of amides is 1. The van der Waals surface area contributed by atoms with Gasteiger partial charge < -0.3 is 38.6 Å². The summed E-state index contributed by atoms with van der Waals surface area (Å²) in [5.74, 6) is 2.69. The molecule has 1 saturated heterocycles. The monoisotopic (exact) mass is 709 g/mol. The molecule has 274 valence electrons. The van der Waals surface area contributed by atoms with E-state index in [1.54, 1.807) is 45.5 Å². The van der Waals surface area contributed by atoms with Gasteiger partial charge in [0.25, 0.3) is 5.91 Å². The summed E-state index contributed by atoms with van der Waals surface area (Å²) < 4.78 is 37.7. The Morgan fingerprint density at radius 2 is 1.58 bits per heavy atom. The van der Waals surface area contributed by atoms with E-state index in [1.807, 2.05) is 49.5 Å². The number of rotatable bonds is 15. The van der Waals surface area contributed by atoms with Crippen molar-refractivity contribution in [2.75, 3.05) is 67.0 Å². The van der Waals surface area contributed by atoms with Gasteiger partial charge in [0.1, 0.15) is 11.6 Å². The molecule has 0 radical (unpaired) electrons. The van der Waals surface area contributed by atoms with E-state index in [9.17, 15) is 9.18 Å². The number of nitrogens with one attached hydrogen (secondary N) is 1. The van der Waals surface area contributed by atoms with Crippen LogP contribution in [0.25, 0.3) is 11.0 Å². The lowest BCUT2D eigenvalue weighted by Gasteiger charge is -2.34. The molecule has 0 spiro atoms. The Balaban J connectivity index is 1.11. The molecule has 1 fully saturated rings. The van der Waals surface area contributed by atoms with Crippen molar-refractivity contribution < 1.29 is 28.1 Å². The fourth-order valence-electron chi connectivity index (χ4n) is 7.02. The van der Waals surface area contributed by atoms with Gasteiger partial charge in [-0.2, -0.15) is 0 Å². The highest BCUT2D eigenvalue weighted by molar-refractivity contribution is 5.95. The van der Waals surface area contributed by atoms with E-state index in [-0.39, 0.29) is 23.7 Å². The number of hydrogen-bond donors (Lipinski definition) is 1. The third kappa shape index (κ3) is 8.42. The van der Waals surface area contributed by atoms with Crippen LogP contribution in [-0.4, -0.2) is 93.0 Å². The third-order valence-electron chi connectivity index (χ3n) is 9.96. The number of carbonyl (C=O) groups is 1. The second-order valence-electron chi connectivity index (χ2n) is 13.3. The molecule has 1 unspecified atom stereocenters. The lowest BCUT2D eigenvalue weighted by atomic mass is 9.93. The van der Waals surface area contributed by atoms with Gasteiger partial charge in [-0.25, -0.2) is 9.37 Å². The summed E-state index contributed by atoms with van der Waals surface area (Å²) in [5.41, 5.74) is 4.62. The van der Waals surface area contributed by atoms with Crippen molar-refractivity contribution in [2.24, 2.45) is 0 Å². The van der Waals surface area contributed by atoms with Crippen LogP contribution < -0.4 is 24.3 Å². The van der Waals surface area contributed by atoms with Gasteiger partial charge in [0, 0.05) is 44.2 Å². The zero-order chi connectivity index (χ0) is 36.6. The molecule has 1 aromatic heterocycles. The van der Waals surface area contributed by atoms with Crippen molar-refractivity contribution in [3.8, 4) is 23.0 Å². The number of likely N-dealkylation sites (N-methyl/N-ethyl adjacent to an activating group) is 1. The standard InChI is InChI=1S/C41H48FN5O5/c1-45(40(48)31-24-37(50-3)39(52-5)38(25-31)51-4)27-30(29-12-16-34(49-2)17-13-29)18-21-46-22-19-33(20-23-46)43-41-44-35-8-6-7-9-36(35)47(41)26-28-10-14-32(42)15-11-28/h6-17,24-25,30,33H,18-23,26-27H2,1-5H3,(H,43,44). The minimum Gasteiger partial charge on any atom is -0.497 e. The Kier molecular flexibility index (Phi) is 11.8. The molecular weight excluding hydrogens is 661 g/mol. The number of imidazole rings is 1. The number of benzene rings is 4. The minimum absolute atomic E-state index is 0.101. The number of aromatic nitrogens is 2. The molecule has 6 rings (SSSR count). The number of halogens is 1. The summed E-state index contributed by atoms with van der Waals surface area (Å²) in [6, 6.07) is 26.6. The van der Waals surface area contributed by atoms with Crippen LogP contribution in [0.4, 0.5) is 10.3 Å². The Morgan fingerprint density at radius 3 is 2.21 bits per heavy atom. The summed E-state index contributed by atoms with van der Waals surface area (Å²) in [5, 5.41) is 3.74. The molecule has 4 aromatic carbocycles. The topological polar surface area (TPSA) is 90.3 Å². The summed E-state index contributed by atoms with van der Waals surface area (Å²) in [7, 11) is 8.13. The van der Waals surface area contributed by atoms with Crippen molar-refractivity contribution in [3.63, 3.8) is 0 Å². The molecular formula is C41H48FN5O5. The second kappa shape index (κ2) is 16.8. The summed E-state index contributed by atoms with van der Waals surface area (Å²) in [4.78, 5) is 23.0. The van der Waals surface area contributed by atoms with Crippen LogP contribution >= 0.6 is 0 Å². The first-order chi connectivity index (χ1) is 25.3. The molecule has 52 heavy (non-hydrogen) atoms. The van der Waals surface area contributed by atoms with E-state index >= 15 is 0 Å². The SMILES string of the molecule is COc1ccc(C(CCN2CCC(Nc3nc4ccccc4n3Cc3ccc(F)cc3)CC2)CN(C)C(=O)c2cc(OC)c(OC)c(OC)c2)cc1. The maximum absolute atomic E-state index is 13.8. The van der Waals surface area contributed by atoms with Crippen molar-refractivity contribution >= 4 is 22.9 Å². The number of nitrogens with zero attached hydrogens (tertiary/aromatic N) is 4. The lowest BCUT2D eigenvalue weighted by Crippen LogP contribution is -2.40. The van der Waals surface area contributed by atoms with Gasteiger partial charge in [-0.1, -0.05) is 36.4 Å². The van der Waals surface area contributed by atoms with Gasteiger partial charge in [0.15, 0.2) is 11.5 Å². The molecule has 1 N–H and O–H groups in total. The highest BCUT2D eigenvalue weighted by Crippen LogP contribution is 2.38. The van der Waals surface area contributed by atoms with Crippen LogP contribution in [0.3, 0.4) is 0 Å². The van der Waals surface area contributed by atoms with E-state index in [0.29, 0.717) is 35.9 Å².